The van der Waals surface area contributed by atoms with Crippen molar-refractivity contribution >= 4 is 53.1 Å². The number of halogens is 1. The number of rotatable bonds is 4. The van der Waals surface area contributed by atoms with Crippen LogP contribution in [0.3, 0.4) is 0 Å². The van der Waals surface area contributed by atoms with Gasteiger partial charge in [-0.2, -0.15) is 0 Å². The molecule has 158 valence electrons. The first kappa shape index (κ1) is 20.7. The molecule has 0 aromatic heterocycles. The Morgan fingerprint density at radius 2 is 1.63 bits per heavy atom. The van der Waals surface area contributed by atoms with Gasteiger partial charge in [0.15, 0.2) is 6.04 Å². The number of imide groups is 1. The molecule has 0 spiro atoms. The van der Waals surface area contributed by atoms with Crippen LogP contribution in [0.4, 0.5) is 0 Å². The molecule has 9 nitrogen and oxygen atoms in total. The van der Waals surface area contributed by atoms with Gasteiger partial charge in [-0.25, -0.2) is 4.79 Å². The molecule has 0 radical (unpaired) electrons. The highest BCUT2D eigenvalue weighted by Gasteiger charge is 2.64. The molecule has 11 heteroatoms. The molecule has 0 bridgehead atoms. The lowest BCUT2D eigenvalue weighted by molar-refractivity contribution is -0.160. The lowest BCUT2D eigenvalue weighted by atomic mass is 9.93. The van der Waals surface area contributed by atoms with E-state index in [1.54, 1.807) is 26.0 Å². The van der Waals surface area contributed by atoms with Crippen LogP contribution in [0.25, 0.3) is 0 Å². The van der Waals surface area contributed by atoms with Crippen molar-refractivity contribution in [3.8, 4) is 0 Å². The largest absolute Gasteiger partial charge is 0.480 e. The van der Waals surface area contributed by atoms with E-state index in [4.69, 9.17) is 11.6 Å². The van der Waals surface area contributed by atoms with Crippen LogP contribution < -0.4 is 0 Å². The van der Waals surface area contributed by atoms with Gasteiger partial charge in [0.25, 0.3) is 23.6 Å². The van der Waals surface area contributed by atoms with E-state index in [0.29, 0.717) is 0 Å². The van der Waals surface area contributed by atoms with Crippen LogP contribution in [0.5, 0.6) is 0 Å². The van der Waals surface area contributed by atoms with Gasteiger partial charge in [0.2, 0.25) is 0 Å². The van der Waals surface area contributed by atoms with Gasteiger partial charge in [-0.05, 0) is 44.9 Å². The number of benzene rings is 1. The van der Waals surface area contributed by atoms with Crippen molar-refractivity contribution in [2.45, 2.75) is 49.1 Å². The highest BCUT2D eigenvalue weighted by Crippen LogP contribution is 2.47. The molecule has 0 unspecified atom stereocenters. The quantitative estimate of drug-likeness (QED) is 0.240. The molecule has 2 fully saturated rings. The number of likely N-dealkylation sites (tertiary alicyclic amines) is 1. The number of fused-ring (bicyclic) bond motifs is 1. The lowest BCUT2D eigenvalue weighted by Crippen LogP contribution is -2.74. The maximum absolute atomic E-state index is 13.0. The van der Waals surface area contributed by atoms with Gasteiger partial charge >= 0.3 is 5.97 Å². The van der Waals surface area contributed by atoms with Gasteiger partial charge in [0.1, 0.15) is 17.6 Å². The number of alkyl halides is 1. The van der Waals surface area contributed by atoms with Crippen LogP contribution in [0.2, 0.25) is 0 Å². The van der Waals surface area contributed by atoms with Crippen molar-refractivity contribution in [1.29, 1.82) is 0 Å². The SMILES string of the molecule is C[C@@H](C(=O)O)N1SC(C)(C)[C@@H](N2C(=O)[C@@H](N3C(=O)c4ccccc4C3=O)[C@@H]2Cl)C1=O. The second-order valence-electron chi connectivity index (χ2n) is 7.86. The van der Waals surface area contributed by atoms with E-state index in [1.165, 1.54) is 19.1 Å². The smallest absolute Gasteiger partial charge is 0.327 e. The number of carboxylic acid groups (broad SMARTS) is 1. The summed E-state index contributed by atoms with van der Waals surface area (Å²) in [7, 11) is 0. The number of β-lactam (4-membered cyclic amide) rings is 1. The lowest BCUT2D eigenvalue weighted by Gasteiger charge is -2.50. The summed E-state index contributed by atoms with van der Waals surface area (Å²) in [6.07, 6.45) is 0. The summed E-state index contributed by atoms with van der Waals surface area (Å²) in [5.74, 6) is -3.56. The molecule has 1 aromatic rings. The molecule has 4 amide bonds. The molecule has 2 saturated heterocycles. The Kier molecular flexibility index (Phi) is 4.62. The maximum Gasteiger partial charge on any atom is 0.327 e. The van der Waals surface area contributed by atoms with Gasteiger partial charge in [0, 0.05) is 0 Å². The number of carbonyl (C=O) groups is 5. The number of amides is 4. The highest BCUT2D eigenvalue weighted by molar-refractivity contribution is 7.99. The predicted molar refractivity (Wildman–Crippen MR) is 107 cm³/mol. The van der Waals surface area contributed by atoms with E-state index in [1.807, 2.05) is 0 Å². The van der Waals surface area contributed by atoms with Gasteiger partial charge in [-0.15, -0.1) is 0 Å². The summed E-state index contributed by atoms with van der Waals surface area (Å²) in [5.41, 5.74) is -0.701. The number of hydrogen-bond acceptors (Lipinski definition) is 6. The minimum Gasteiger partial charge on any atom is -0.480 e. The summed E-state index contributed by atoms with van der Waals surface area (Å²) in [6, 6.07) is 2.91. The molecular formula is C19H18ClN3O6S. The van der Waals surface area contributed by atoms with E-state index in [2.05, 4.69) is 0 Å². The predicted octanol–water partition coefficient (Wildman–Crippen LogP) is 1.17. The van der Waals surface area contributed by atoms with E-state index < -0.39 is 58.0 Å². The molecule has 4 atom stereocenters. The molecular weight excluding hydrogens is 434 g/mol. The molecule has 3 aliphatic heterocycles. The molecule has 0 saturated carbocycles. The zero-order valence-electron chi connectivity index (χ0n) is 16.2. The molecule has 1 N–H and O–H groups in total. The van der Waals surface area contributed by atoms with Crippen molar-refractivity contribution in [3.63, 3.8) is 0 Å². The van der Waals surface area contributed by atoms with Gasteiger partial charge in [0.05, 0.1) is 15.9 Å². The zero-order valence-corrected chi connectivity index (χ0v) is 17.8. The summed E-state index contributed by atoms with van der Waals surface area (Å²) < 4.78 is 0.274. The fourth-order valence-electron chi connectivity index (χ4n) is 4.02. The van der Waals surface area contributed by atoms with Gasteiger partial charge in [-0.3, -0.25) is 28.4 Å². The van der Waals surface area contributed by atoms with Crippen LogP contribution in [0.1, 0.15) is 41.5 Å². The normalized spacial score (nSPS) is 28.7. The van der Waals surface area contributed by atoms with E-state index in [9.17, 15) is 29.1 Å². The number of hydrogen-bond donors (Lipinski definition) is 1. The second-order valence-corrected chi connectivity index (χ2v) is 9.94. The average molecular weight is 452 g/mol. The van der Waals surface area contributed by atoms with E-state index >= 15 is 0 Å². The Morgan fingerprint density at radius 1 is 1.10 bits per heavy atom. The Balaban J connectivity index is 1.60. The minimum absolute atomic E-state index is 0.201. The molecule has 4 rings (SSSR count). The van der Waals surface area contributed by atoms with Gasteiger partial charge < -0.3 is 10.0 Å². The van der Waals surface area contributed by atoms with Crippen LogP contribution in [-0.4, -0.2) is 77.2 Å². The van der Waals surface area contributed by atoms with Gasteiger partial charge in [-0.1, -0.05) is 23.7 Å². The summed E-state index contributed by atoms with van der Waals surface area (Å²) in [4.78, 5) is 64.7. The summed E-state index contributed by atoms with van der Waals surface area (Å²) in [6.45, 7) is 4.80. The van der Waals surface area contributed by atoms with E-state index in [-0.39, 0.29) is 11.1 Å². The fourth-order valence-corrected chi connectivity index (χ4v) is 5.70. The average Bonchev–Trinajstić information content (AvgIpc) is 3.07. The third-order valence-corrected chi connectivity index (χ3v) is 7.40. The molecule has 0 aliphatic carbocycles. The van der Waals surface area contributed by atoms with Crippen LogP contribution in [0, 0.1) is 0 Å². The summed E-state index contributed by atoms with van der Waals surface area (Å²) >= 11 is 7.48. The first-order valence-corrected chi connectivity index (χ1v) is 10.4. The minimum atomic E-state index is -1.22. The molecule has 1 aromatic carbocycles. The third kappa shape index (κ3) is 2.66. The van der Waals surface area contributed by atoms with Crippen LogP contribution >= 0.6 is 23.5 Å². The number of carbonyl (C=O) groups excluding carboxylic acids is 4. The number of carboxylic acids is 1. The van der Waals surface area contributed by atoms with Crippen LogP contribution in [0.15, 0.2) is 24.3 Å². The number of nitrogens with zero attached hydrogens (tertiary/aromatic N) is 3. The summed E-state index contributed by atoms with van der Waals surface area (Å²) in [5, 5.41) is 9.26. The second kappa shape index (κ2) is 6.71. The Labute approximate surface area is 181 Å². The standard InChI is InChI=1S/C19H18ClN3O6S/c1-8(18(28)29)23-17(27)12(19(2,3)30-23)22-13(20)11(16(22)26)21-14(24)9-6-4-5-7-10(9)15(21)25/h4-8,11-13H,1-3H3,(H,28,29)/t8-,11-,12-,13+/m0/s1. The zero-order chi connectivity index (χ0) is 22.1. The van der Waals surface area contributed by atoms with Crippen molar-refractivity contribution in [1.82, 2.24) is 14.1 Å². The topological polar surface area (TPSA) is 115 Å². The van der Waals surface area contributed by atoms with Crippen LogP contribution in [-0.2, 0) is 14.4 Å². The highest BCUT2D eigenvalue weighted by atomic mass is 35.5. The first-order valence-electron chi connectivity index (χ1n) is 9.17. The Bertz CT molecular complexity index is 979. The van der Waals surface area contributed by atoms with Crippen molar-refractivity contribution < 1.29 is 29.1 Å². The maximum atomic E-state index is 13.0. The fraction of sp³-hybridized carbons (Fsp3) is 0.421. The Hall–Kier alpha value is -2.59. The number of aliphatic carboxylic acids is 1. The third-order valence-electron chi connectivity index (χ3n) is 5.57. The van der Waals surface area contributed by atoms with Crippen molar-refractivity contribution in [3.05, 3.63) is 35.4 Å². The van der Waals surface area contributed by atoms with Crippen molar-refractivity contribution in [2.75, 3.05) is 0 Å². The molecule has 30 heavy (non-hydrogen) atoms. The Morgan fingerprint density at radius 3 is 2.10 bits per heavy atom. The monoisotopic (exact) mass is 451 g/mol. The van der Waals surface area contributed by atoms with E-state index in [0.717, 1.165) is 26.1 Å². The van der Waals surface area contributed by atoms with Crippen molar-refractivity contribution in [2.24, 2.45) is 0 Å². The molecule has 3 aliphatic rings. The molecule has 3 heterocycles. The first-order chi connectivity index (χ1) is 14.0.